The predicted molar refractivity (Wildman–Crippen MR) is 51.6 cm³/mol. The lowest BCUT2D eigenvalue weighted by Gasteiger charge is -2.27. The summed E-state index contributed by atoms with van der Waals surface area (Å²) < 4.78 is 10.6. The van der Waals surface area contributed by atoms with Crippen molar-refractivity contribution < 1.29 is 9.47 Å². The van der Waals surface area contributed by atoms with Gasteiger partial charge < -0.3 is 9.47 Å². The van der Waals surface area contributed by atoms with Crippen molar-refractivity contribution in [2.24, 2.45) is 0 Å². The standard InChI is InChI=1S/C10H12N2O2/c1-13-10(14-2)4-3-8-6-11-7-12-9(8)5-10/h3,5-7H,4H2,1-2H3. The zero-order valence-corrected chi connectivity index (χ0v) is 8.23. The molecule has 4 heteroatoms. The van der Waals surface area contributed by atoms with Crippen LogP contribution in [0.5, 0.6) is 0 Å². The highest BCUT2D eigenvalue weighted by Crippen LogP contribution is 2.19. The molecule has 74 valence electrons. The molecule has 0 saturated carbocycles. The molecule has 0 aromatic carbocycles. The van der Waals surface area contributed by atoms with Crippen LogP contribution in [-0.4, -0.2) is 30.0 Å². The van der Waals surface area contributed by atoms with Crippen molar-refractivity contribution >= 4 is 12.2 Å². The van der Waals surface area contributed by atoms with E-state index in [4.69, 9.17) is 9.47 Å². The Morgan fingerprint density at radius 2 is 2.14 bits per heavy atom. The maximum atomic E-state index is 5.32. The summed E-state index contributed by atoms with van der Waals surface area (Å²) in [6, 6.07) is 0. The number of ether oxygens (including phenoxy) is 2. The first kappa shape index (κ1) is 9.30. The fraction of sp³-hybridized carbons (Fsp3) is 0.400. The smallest absolute Gasteiger partial charge is 0.193 e. The SMILES string of the molecule is COC1(OC)C=c2ncncc2=CC1. The highest BCUT2D eigenvalue weighted by atomic mass is 16.7. The number of nitrogens with zero attached hydrogens (tertiary/aromatic N) is 2. The van der Waals surface area contributed by atoms with Crippen molar-refractivity contribution in [1.82, 2.24) is 9.97 Å². The summed E-state index contributed by atoms with van der Waals surface area (Å²) in [6.07, 6.45) is 7.88. The molecule has 14 heavy (non-hydrogen) atoms. The van der Waals surface area contributed by atoms with E-state index in [1.165, 1.54) is 6.33 Å². The van der Waals surface area contributed by atoms with Crippen LogP contribution in [0.2, 0.25) is 0 Å². The fourth-order valence-corrected chi connectivity index (χ4v) is 1.52. The Bertz CT molecular complexity index is 438. The molecule has 4 nitrogen and oxygen atoms in total. The average molecular weight is 192 g/mol. The molecule has 0 amide bonds. The van der Waals surface area contributed by atoms with Crippen LogP contribution < -0.4 is 10.6 Å². The minimum atomic E-state index is -0.665. The highest BCUT2D eigenvalue weighted by Gasteiger charge is 2.27. The molecule has 0 spiro atoms. The summed E-state index contributed by atoms with van der Waals surface area (Å²) >= 11 is 0. The molecule has 0 bridgehead atoms. The van der Waals surface area contributed by atoms with Crippen LogP contribution in [0.1, 0.15) is 6.42 Å². The van der Waals surface area contributed by atoms with Gasteiger partial charge in [0.15, 0.2) is 5.79 Å². The molecular formula is C10H12N2O2. The second kappa shape index (κ2) is 3.48. The quantitative estimate of drug-likeness (QED) is 0.589. The Morgan fingerprint density at radius 3 is 2.86 bits per heavy atom. The molecule has 1 aromatic rings. The first-order chi connectivity index (χ1) is 6.79. The first-order valence-electron chi connectivity index (χ1n) is 4.39. The van der Waals surface area contributed by atoms with Crippen molar-refractivity contribution in [1.29, 1.82) is 0 Å². The van der Waals surface area contributed by atoms with Gasteiger partial charge in [0.1, 0.15) is 6.33 Å². The lowest BCUT2D eigenvalue weighted by atomic mass is 10.1. The van der Waals surface area contributed by atoms with Crippen molar-refractivity contribution in [3.63, 3.8) is 0 Å². The monoisotopic (exact) mass is 192 g/mol. The van der Waals surface area contributed by atoms with E-state index in [9.17, 15) is 0 Å². The van der Waals surface area contributed by atoms with Gasteiger partial charge in [-0.15, -0.1) is 0 Å². The molecule has 0 unspecified atom stereocenters. The van der Waals surface area contributed by atoms with E-state index in [0.29, 0.717) is 6.42 Å². The zero-order valence-electron chi connectivity index (χ0n) is 8.23. The third kappa shape index (κ3) is 1.42. The molecule has 1 aromatic heterocycles. The maximum Gasteiger partial charge on any atom is 0.193 e. The molecule has 0 saturated heterocycles. The topological polar surface area (TPSA) is 44.2 Å². The van der Waals surface area contributed by atoms with Gasteiger partial charge in [-0.25, -0.2) is 9.97 Å². The van der Waals surface area contributed by atoms with Gasteiger partial charge in [-0.05, 0) is 0 Å². The molecule has 1 aliphatic rings. The van der Waals surface area contributed by atoms with Crippen LogP contribution >= 0.6 is 0 Å². The van der Waals surface area contributed by atoms with Crippen molar-refractivity contribution in [2.75, 3.05) is 14.2 Å². The molecule has 0 N–H and O–H groups in total. The van der Waals surface area contributed by atoms with Crippen molar-refractivity contribution in [3.8, 4) is 0 Å². The van der Waals surface area contributed by atoms with Gasteiger partial charge in [-0.1, -0.05) is 6.08 Å². The lowest BCUT2D eigenvalue weighted by molar-refractivity contribution is -0.152. The Balaban J connectivity index is 2.57. The summed E-state index contributed by atoms with van der Waals surface area (Å²) in [7, 11) is 3.25. The third-order valence-electron chi connectivity index (χ3n) is 2.43. The fourth-order valence-electron chi connectivity index (χ4n) is 1.52. The molecule has 1 heterocycles. The number of aromatic nitrogens is 2. The van der Waals surface area contributed by atoms with Crippen LogP contribution in [0.15, 0.2) is 12.5 Å². The van der Waals surface area contributed by atoms with E-state index in [-0.39, 0.29) is 0 Å². The van der Waals surface area contributed by atoms with E-state index in [1.54, 1.807) is 20.4 Å². The highest BCUT2D eigenvalue weighted by molar-refractivity contribution is 5.42. The van der Waals surface area contributed by atoms with Gasteiger partial charge in [0, 0.05) is 38.1 Å². The first-order valence-corrected chi connectivity index (χ1v) is 4.39. The molecule has 1 aliphatic carbocycles. The van der Waals surface area contributed by atoms with E-state index < -0.39 is 5.79 Å². The van der Waals surface area contributed by atoms with Crippen LogP contribution in [0.4, 0.5) is 0 Å². The van der Waals surface area contributed by atoms with E-state index in [0.717, 1.165) is 10.6 Å². The predicted octanol–water partition coefficient (Wildman–Crippen LogP) is -0.570. The van der Waals surface area contributed by atoms with E-state index >= 15 is 0 Å². The molecule has 2 rings (SSSR count). The number of hydrogen-bond acceptors (Lipinski definition) is 4. The van der Waals surface area contributed by atoms with Gasteiger partial charge in [0.25, 0.3) is 0 Å². The Morgan fingerprint density at radius 1 is 1.36 bits per heavy atom. The Hall–Kier alpha value is -1.26. The van der Waals surface area contributed by atoms with E-state index in [2.05, 4.69) is 9.97 Å². The number of hydrogen-bond donors (Lipinski definition) is 0. The summed E-state index contributed by atoms with van der Waals surface area (Å²) in [4.78, 5) is 8.11. The third-order valence-corrected chi connectivity index (χ3v) is 2.43. The molecule has 0 radical (unpaired) electrons. The Kier molecular flexibility index (Phi) is 2.31. The Labute approximate surface area is 81.9 Å². The van der Waals surface area contributed by atoms with Crippen LogP contribution in [0.25, 0.3) is 12.2 Å². The van der Waals surface area contributed by atoms with Gasteiger partial charge in [-0.2, -0.15) is 0 Å². The van der Waals surface area contributed by atoms with Crippen molar-refractivity contribution in [3.05, 3.63) is 23.1 Å². The lowest BCUT2D eigenvalue weighted by Crippen LogP contribution is -2.42. The number of methoxy groups -OCH3 is 2. The summed E-state index contributed by atoms with van der Waals surface area (Å²) in [5.41, 5.74) is 0. The van der Waals surface area contributed by atoms with Gasteiger partial charge in [0.05, 0.1) is 5.35 Å². The van der Waals surface area contributed by atoms with E-state index in [1.807, 2.05) is 12.2 Å². The van der Waals surface area contributed by atoms with Crippen LogP contribution in [-0.2, 0) is 9.47 Å². The summed E-state index contributed by atoms with van der Waals surface area (Å²) in [6.45, 7) is 0. The van der Waals surface area contributed by atoms with Crippen LogP contribution in [0.3, 0.4) is 0 Å². The number of fused-ring (bicyclic) bond motifs is 1. The number of rotatable bonds is 2. The molecule has 0 aliphatic heterocycles. The minimum Gasteiger partial charge on any atom is -0.349 e. The minimum absolute atomic E-state index is 0.665. The van der Waals surface area contributed by atoms with Gasteiger partial charge in [-0.3, -0.25) is 0 Å². The average Bonchev–Trinajstić information content (AvgIpc) is 2.28. The molecular weight excluding hydrogens is 180 g/mol. The van der Waals surface area contributed by atoms with Crippen LogP contribution in [0, 0.1) is 0 Å². The maximum absolute atomic E-state index is 5.32. The van der Waals surface area contributed by atoms with Gasteiger partial charge in [0.2, 0.25) is 0 Å². The summed E-state index contributed by atoms with van der Waals surface area (Å²) in [5.74, 6) is -0.665. The zero-order chi connectivity index (χ0) is 10.0. The second-order valence-electron chi connectivity index (χ2n) is 3.14. The molecule has 0 fully saturated rings. The normalized spacial score (nSPS) is 17.9. The molecule has 0 atom stereocenters. The van der Waals surface area contributed by atoms with Crippen molar-refractivity contribution in [2.45, 2.75) is 12.2 Å². The largest absolute Gasteiger partial charge is 0.349 e. The van der Waals surface area contributed by atoms with Gasteiger partial charge >= 0.3 is 0 Å². The second-order valence-corrected chi connectivity index (χ2v) is 3.14. The summed E-state index contributed by atoms with van der Waals surface area (Å²) in [5, 5.41) is 1.88.